The normalized spacial score (nSPS) is 11.0. The van der Waals surface area contributed by atoms with Crippen LogP contribution in [0, 0.1) is 27.7 Å². The van der Waals surface area contributed by atoms with E-state index in [-0.39, 0.29) is 0 Å². The van der Waals surface area contributed by atoms with Crippen molar-refractivity contribution in [3.8, 4) is 5.75 Å². The van der Waals surface area contributed by atoms with Crippen LogP contribution < -0.4 is 4.74 Å². The van der Waals surface area contributed by atoms with Crippen LogP contribution in [-0.4, -0.2) is 9.55 Å². The van der Waals surface area contributed by atoms with Crippen molar-refractivity contribution in [1.82, 2.24) is 9.55 Å². The molecule has 0 saturated carbocycles. The molecule has 124 valence electrons. The maximum atomic E-state index is 6.07. The highest BCUT2D eigenvalue weighted by molar-refractivity contribution is 5.86. The van der Waals surface area contributed by atoms with E-state index in [0.717, 1.165) is 29.1 Å². The van der Waals surface area contributed by atoms with Crippen LogP contribution in [0.4, 0.5) is 0 Å². The van der Waals surface area contributed by atoms with Gasteiger partial charge in [0.1, 0.15) is 18.1 Å². The quantitative estimate of drug-likeness (QED) is 0.616. The third kappa shape index (κ3) is 2.82. The number of hydrogen-bond acceptors (Lipinski definition) is 2. The zero-order valence-corrected chi connectivity index (χ0v) is 14.9. The fourth-order valence-electron chi connectivity index (χ4n) is 3.24. The first kappa shape index (κ1) is 16.3. The molecule has 0 aliphatic carbocycles. The minimum absolute atomic E-state index is 0.460. The molecule has 0 bridgehead atoms. The molecule has 0 spiro atoms. The lowest BCUT2D eigenvalue weighted by Gasteiger charge is -2.12. The molecular weight excluding hydrogens is 296 g/mol. The minimum Gasteiger partial charge on any atom is -0.487 e. The number of nitrogens with zero attached hydrogens (tertiary/aromatic N) is 2. The zero-order chi connectivity index (χ0) is 17.3. The molecule has 0 aliphatic rings. The van der Waals surface area contributed by atoms with Gasteiger partial charge in [-0.25, -0.2) is 0 Å². The standard InChI is InChI=1S/C21H24N2O/c1-6-11-23-17(5)16(4)18-9-10-22-19(21(18)23)13-24-20-8-7-14(2)12-15(20)3/h6-10,12H,1,11,13H2,2-5H3. The molecule has 3 heteroatoms. The number of pyridine rings is 1. The van der Waals surface area contributed by atoms with E-state index in [4.69, 9.17) is 4.74 Å². The highest BCUT2D eigenvalue weighted by Gasteiger charge is 2.15. The lowest BCUT2D eigenvalue weighted by Crippen LogP contribution is -2.05. The number of ether oxygens (including phenoxy) is 1. The minimum atomic E-state index is 0.460. The third-order valence-corrected chi connectivity index (χ3v) is 4.63. The molecule has 2 heterocycles. The van der Waals surface area contributed by atoms with E-state index in [0.29, 0.717) is 6.61 Å². The first-order valence-electron chi connectivity index (χ1n) is 8.27. The van der Waals surface area contributed by atoms with E-state index in [1.54, 1.807) is 0 Å². The molecule has 1 aromatic carbocycles. The molecule has 0 fully saturated rings. The first-order chi connectivity index (χ1) is 11.5. The fraction of sp³-hybridized carbons (Fsp3) is 0.286. The Kier molecular flexibility index (Phi) is 4.43. The Hall–Kier alpha value is -2.55. The molecule has 0 saturated heterocycles. The van der Waals surface area contributed by atoms with Gasteiger partial charge in [-0.1, -0.05) is 23.8 Å². The Labute approximate surface area is 143 Å². The summed E-state index contributed by atoms with van der Waals surface area (Å²) >= 11 is 0. The SMILES string of the molecule is C=CCn1c(C)c(C)c2ccnc(COc3ccc(C)cc3C)c21. The number of benzene rings is 1. The van der Waals surface area contributed by atoms with E-state index in [1.165, 1.54) is 22.2 Å². The first-order valence-corrected chi connectivity index (χ1v) is 8.27. The number of aromatic nitrogens is 2. The average molecular weight is 320 g/mol. The maximum absolute atomic E-state index is 6.07. The van der Waals surface area contributed by atoms with Crippen LogP contribution >= 0.6 is 0 Å². The lowest BCUT2D eigenvalue weighted by molar-refractivity contribution is 0.300. The van der Waals surface area contributed by atoms with Gasteiger partial charge < -0.3 is 9.30 Å². The second kappa shape index (κ2) is 6.52. The van der Waals surface area contributed by atoms with Crippen molar-refractivity contribution in [1.29, 1.82) is 0 Å². The molecule has 0 radical (unpaired) electrons. The summed E-state index contributed by atoms with van der Waals surface area (Å²) in [6.45, 7) is 13.6. The van der Waals surface area contributed by atoms with Crippen molar-refractivity contribution >= 4 is 10.9 Å². The van der Waals surface area contributed by atoms with Crippen molar-refractivity contribution in [3.05, 3.63) is 71.2 Å². The molecule has 0 unspecified atom stereocenters. The van der Waals surface area contributed by atoms with Crippen molar-refractivity contribution in [2.24, 2.45) is 0 Å². The summed E-state index contributed by atoms with van der Waals surface area (Å²) in [5, 5.41) is 1.24. The highest BCUT2D eigenvalue weighted by Crippen LogP contribution is 2.28. The summed E-state index contributed by atoms with van der Waals surface area (Å²) < 4.78 is 8.34. The molecule has 0 aliphatic heterocycles. The number of rotatable bonds is 5. The molecule has 3 nitrogen and oxygen atoms in total. The highest BCUT2D eigenvalue weighted by atomic mass is 16.5. The van der Waals surface area contributed by atoms with Crippen LogP contribution in [0.2, 0.25) is 0 Å². The van der Waals surface area contributed by atoms with Gasteiger partial charge in [-0.2, -0.15) is 0 Å². The summed E-state index contributed by atoms with van der Waals surface area (Å²) in [5.74, 6) is 0.912. The number of allylic oxidation sites excluding steroid dienone is 1. The van der Waals surface area contributed by atoms with Gasteiger partial charge >= 0.3 is 0 Å². The van der Waals surface area contributed by atoms with Crippen LogP contribution in [0.3, 0.4) is 0 Å². The Bertz CT molecular complexity index is 906. The van der Waals surface area contributed by atoms with Crippen molar-refractivity contribution < 1.29 is 4.74 Å². The zero-order valence-electron chi connectivity index (χ0n) is 14.9. The molecule has 0 amide bonds. The van der Waals surface area contributed by atoms with Crippen molar-refractivity contribution in [2.75, 3.05) is 0 Å². The van der Waals surface area contributed by atoms with Gasteiger partial charge in [-0.3, -0.25) is 4.98 Å². The van der Waals surface area contributed by atoms with Crippen LogP contribution in [0.1, 0.15) is 28.1 Å². The van der Waals surface area contributed by atoms with Crippen molar-refractivity contribution in [2.45, 2.75) is 40.8 Å². The Balaban J connectivity index is 2.00. The molecule has 2 aromatic heterocycles. The summed E-state index contributed by atoms with van der Waals surface area (Å²) in [6.07, 6.45) is 3.79. The van der Waals surface area contributed by atoms with E-state index < -0.39 is 0 Å². The van der Waals surface area contributed by atoms with E-state index in [9.17, 15) is 0 Å². The van der Waals surface area contributed by atoms with Gasteiger partial charge in [0.05, 0.1) is 5.52 Å². The van der Waals surface area contributed by atoms with E-state index in [2.05, 4.69) is 62.0 Å². The summed E-state index contributed by atoms with van der Waals surface area (Å²) in [5.41, 5.74) is 7.05. The Morgan fingerprint density at radius 1 is 1.17 bits per heavy atom. The van der Waals surface area contributed by atoms with Crippen molar-refractivity contribution in [3.63, 3.8) is 0 Å². The molecule has 0 atom stereocenters. The second-order valence-electron chi connectivity index (χ2n) is 6.32. The Morgan fingerprint density at radius 2 is 1.96 bits per heavy atom. The van der Waals surface area contributed by atoms with E-state index >= 15 is 0 Å². The predicted molar refractivity (Wildman–Crippen MR) is 99.7 cm³/mol. The van der Waals surface area contributed by atoms with E-state index in [1.807, 2.05) is 18.3 Å². The van der Waals surface area contributed by atoms with Gasteiger partial charge in [0, 0.05) is 23.8 Å². The predicted octanol–water partition coefficient (Wildman–Crippen LogP) is 5.03. The van der Waals surface area contributed by atoms with Crippen LogP contribution in [0.25, 0.3) is 10.9 Å². The third-order valence-electron chi connectivity index (χ3n) is 4.63. The van der Waals surface area contributed by atoms with Gasteiger partial charge in [0.15, 0.2) is 0 Å². The number of fused-ring (bicyclic) bond motifs is 1. The largest absolute Gasteiger partial charge is 0.487 e. The lowest BCUT2D eigenvalue weighted by atomic mass is 10.1. The topological polar surface area (TPSA) is 27.1 Å². The maximum Gasteiger partial charge on any atom is 0.132 e. The van der Waals surface area contributed by atoms with Crippen LogP contribution in [-0.2, 0) is 13.2 Å². The van der Waals surface area contributed by atoms with Gasteiger partial charge in [-0.05, 0) is 51.0 Å². The van der Waals surface area contributed by atoms with Crippen LogP contribution in [0.15, 0.2) is 43.1 Å². The summed E-state index contributed by atoms with van der Waals surface area (Å²) in [6, 6.07) is 8.32. The summed E-state index contributed by atoms with van der Waals surface area (Å²) in [7, 11) is 0. The average Bonchev–Trinajstić information content (AvgIpc) is 2.80. The summed E-state index contributed by atoms with van der Waals surface area (Å²) in [4.78, 5) is 4.59. The van der Waals surface area contributed by atoms with Gasteiger partial charge in [-0.15, -0.1) is 6.58 Å². The molecule has 24 heavy (non-hydrogen) atoms. The molecule has 0 N–H and O–H groups in total. The molecular formula is C21H24N2O. The van der Waals surface area contributed by atoms with Crippen LogP contribution in [0.5, 0.6) is 5.75 Å². The Morgan fingerprint density at radius 3 is 2.67 bits per heavy atom. The second-order valence-corrected chi connectivity index (χ2v) is 6.32. The molecule has 3 aromatic rings. The number of hydrogen-bond donors (Lipinski definition) is 0. The van der Waals surface area contributed by atoms with Gasteiger partial charge in [0.25, 0.3) is 0 Å². The fourth-order valence-corrected chi connectivity index (χ4v) is 3.24. The molecule has 3 rings (SSSR count). The monoisotopic (exact) mass is 320 g/mol. The van der Waals surface area contributed by atoms with Gasteiger partial charge in [0.2, 0.25) is 0 Å². The smallest absolute Gasteiger partial charge is 0.132 e. The number of aryl methyl sites for hydroxylation is 3.